The number of carbonyl (C=O) groups excluding carboxylic acids is 1. The first kappa shape index (κ1) is 15.0. The molecule has 2 atom stereocenters. The van der Waals surface area contributed by atoms with Crippen LogP contribution >= 0.6 is 27.7 Å². The summed E-state index contributed by atoms with van der Waals surface area (Å²) in [4.78, 5) is 16.8. The van der Waals surface area contributed by atoms with E-state index in [4.69, 9.17) is 0 Å². The van der Waals surface area contributed by atoms with E-state index in [1.54, 1.807) is 11.8 Å². The number of halogens is 1. The molecule has 3 nitrogen and oxygen atoms in total. The lowest BCUT2D eigenvalue weighted by atomic mass is 10.1. The average Bonchev–Trinajstić information content (AvgIpc) is 2.84. The van der Waals surface area contributed by atoms with Gasteiger partial charge in [0.1, 0.15) is 0 Å². The molecule has 2 unspecified atom stereocenters. The molecule has 1 aromatic carbocycles. The molecule has 0 saturated carbocycles. The van der Waals surface area contributed by atoms with Crippen LogP contribution in [0.4, 0.5) is 0 Å². The summed E-state index contributed by atoms with van der Waals surface area (Å²) in [7, 11) is 0. The molecular formula is C16H19BrN2OS. The van der Waals surface area contributed by atoms with Crippen molar-refractivity contribution in [1.82, 2.24) is 9.80 Å². The molecule has 1 amide bonds. The molecule has 1 aromatic rings. The zero-order valence-corrected chi connectivity index (χ0v) is 14.4. The van der Waals surface area contributed by atoms with Crippen LogP contribution in [0.25, 0.3) is 0 Å². The number of allylic oxidation sites excluding steroid dienone is 1. The van der Waals surface area contributed by atoms with Crippen molar-refractivity contribution in [3.8, 4) is 0 Å². The van der Waals surface area contributed by atoms with Crippen molar-refractivity contribution >= 4 is 33.6 Å². The highest BCUT2D eigenvalue weighted by molar-refractivity contribution is 9.10. The summed E-state index contributed by atoms with van der Waals surface area (Å²) in [5.41, 5.74) is 2.61. The smallest absolute Gasteiger partial charge is 0.238 e. The normalized spacial score (nSPS) is 26.2. The summed E-state index contributed by atoms with van der Waals surface area (Å²) >= 11 is 5.25. The maximum Gasteiger partial charge on any atom is 0.238 e. The van der Waals surface area contributed by atoms with E-state index in [1.165, 1.54) is 11.3 Å². The molecule has 0 aliphatic carbocycles. The highest BCUT2D eigenvalue weighted by Crippen LogP contribution is 2.36. The standard InChI is InChI=1S/C16H19BrN2OS/c1-12-11-21-16(18-9-5-8-14(17)15(18)20)19(12)10-13-6-3-2-4-7-13/h2-4,6-7,11,14,16H,5,8-10H2,1H3. The van der Waals surface area contributed by atoms with Crippen molar-refractivity contribution in [2.45, 2.75) is 36.6 Å². The number of alkyl halides is 1. The van der Waals surface area contributed by atoms with Crippen molar-refractivity contribution in [3.63, 3.8) is 0 Å². The summed E-state index contributed by atoms with van der Waals surface area (Å²) in [6, 6.07) is 10.4. The lowest BCUT2D eigenvalue weighted by Crippen LogP contribution is -2.51. The molecule has 0 spiro atoms. The van der Waals surface area contributed by atoms with Gasteiger partial charge in [0, 0.05) is 18.8 Å². The number of amides is 1. The second-order valence-electron chi connectivity index (χ2n) is 5.48. The van der Waals surface area contributed by atoms with E-state index in [2.05, 4.69) is 57.4 Å². The van der Waals surface area contributed by atoms with Crippen LogP contribution in [0.1, 0.15) is 25.3 Å². The van der Waals surface area contributed by atoms with Crippen LogP contribution in [0.3, 0.4) is 0 Å². The van der Waals surface area contributed by atoms with Gasteiger partial charge in [-0.1, -0.05) is 58.0 Å². The molecule has 1 saturated heterocycles. The third-order valence-electron chi connectivity index (χ3n) is 3.95. The van der Waals surface area contributed by atoms with Crippen LogP contribution in [-0.4, -0.2) is 32.6 Å². The topological polar surface area (TPSA) is 23.6 Å². The molecule has 0 radical (unpaired) electrons. The number of benzene rings is 1. The Morgan fingerprint density at radius 2 is 2.10 bits per heavy atom. The van der Waals surface area contributed by atoms with Crippen LogP contribution in [-0.2, 0) is 11.3 Å². The van der Waals surface area contributed by atoms with Crippen LogP contribution in [0.15, 0.2) is 41.4 Å². The number of piperidine rings is 1. The Balaban J connectivity index is 1.77. The number of likely N-dealkylation sites (tertiary alicyclic amines) is 1. The molecule has 1 fully saturated rings. The molecule has 0 N–H and O–H groups in total. The number of nitrogens with zero attached hydrogens (tertiary/aromatic N) is 2. The van der Waals surface area contributed by atoms with Crippen LogP contribution in [0.5, 0.6) is 0 Å². The zero-order valence-electron chi connectivity index (χ0n) is 12.0. The number of hydrogen-bond acceptors (Lipinski definition) is 3. The second-order valence-corrected chi connectivity index (χ2v) is 7.51. The average molecular weight is 367 g/mol. The number of thioether (sulfide) groups is 1. The predicted octanol–water partition coefficient (Wildman–Crippen LogP) is 3.77. The Morgan fingerprint density at radius 3 is 2.86 bits per heavy atom. The molecule has 112 valence electrons. The molecule has 0 bridgehead atoms. The fourth-order valence-electron chi connectivity index (χ4n) is 2.77. The van der Waals surface area contributed by atoms with E-state index in [0.29, 0.717) is 0 Å². The summed E-state index contributed by atoms with van der Waals surface area (Å²) in [5.74, 6) is 0.222. The van der Waals surface area contributed by atoms with Gasteiger partial charge in [-0.3, -0.25) is 4.79 Å². The summed E-state index contributed by atoms with van der Waals surface area (Å²) in [6.07, 6.45) is 2.01. The number of carbonyl (C=O) groups is 1. The fraction of sp³-hybridized carbons (Fsp3) is 0.438. The van der Waals surface area contributed by atoms with Crippen LogP contribution < -0.4 is 0 Å². The van der Waals surface area contributed by atoms with Gasteiger partial charge in [0.15, 0.2) is 5.50 Å². The maximum atomic E-state index is 12.4. The number of rotatable bonds is 3. The summed E-state index contributed by atoms with van der Waals surface area (Å²) in [6.45, 7) is 3.82. The predicted molar refractivity (Wildman–Crippen MR) is 90.8 cm³/mol. The molecule has 2 aliphatic heterocycles. The largest absolute Gasteiger partial charge is 0.341 e. The van der Waals surface area contributed by atoms with E-state index in [0.717, 1.165) is 25.9 Å². The minimum absolute atomic E-state index is 0.0219. The van der Waals surface area contributed by atoms with Crippen molar-refractivity contribution < 1.29 is 4.79 Å². The SMILES string of the molecule is CC1=CSC(N2CCCC(Br)C2=O)N1Cc1ccccc1. The minimum Gasteiger partial charge on any atom is -0.341 e. The third kappa shape index (κ3) is 3.14. The maximum absolute atomic E-state index is 12.4. The quantitative estimate of drug-likeness (QED) is 0.760. The van der Waals surface area contributed by atoms with Gasteiger partial charge in [-0.25, -0.2) is 0 Å². The van der Waals surface area contributed by atoms with Gasteiger partial charge in [0.05, 0.1) is 4.83 Å². The third-order valence-corrected chi connectivity index (χ3v) is 6.03. The second kappa shape index (κ2) is 6.44. The van der Waals surface area contributed by atoms with E-state index >= 15 is 0 Å². The lowest BCUT2D eigenvalue weighted by molar-refractivity contribution is -0.135. The van der Waals surface area contributed by atoms with Gasteiger partial charge in [-0.05, 0) is 30.7 Å². The van der Waals surface area contributed by atoms with E-state index in [9.17, 15) is 4.79 Å². The van der Waals surface area contributed by atoms with E-state index < -0.39 is 0 Å². The van der Waals surface area contributed by atoms with Gasteiger partial charge in [-0.15, -0.1) is 0 Å². The fourth-order valence-corrected chi connectivity index (χ4v) is 4.56. The Morgan fingerprint density at radius 1 is 1.33 bits per heavy atom. The molecule has 5 heteroatoms. The molecule has 21 heavy (non-hydrogen) atoms. The van der Waals surface area contributed by atoms with E-state index in [1.807, 2.05) is 11.0 Å². The van der Waals surface area contributed by atoms with Crippen LogP contribution in [0.2, 0.25) is 0 Å². The van der Waals surface area contributed by atoms with Gasteiger partial charge in [0.25, 0.3) is 0 Å². The van der Waals surface area contributed by atoms with Gasteiger partial charge in [-0.2, -0.15) is 0 Å². The van der Waals surface area contributed by atoms with Crippen molar-refractivity contribution in [2.24, 2.45) is 0 Å². The van der Waals surface area contributed by atoms with E-state index in [-0.39, 0.29) is 16.2 Å². The lowest BCUT2D eigenvalue weighted by Gasteiger charge is -2.39. The highest BCUT2D eigenvalue weighted by Gasteiger charge is 2.37. The van der Waals surface area contributed by atoms with Gasteiger partial charge < -0.3 is 9.80 Å². The van der Waals surface area contributed by atoms with Crippen LogP contribution in [0, 0.1) is 0 Å². The first-order chi connectivity index (χ1) is 10.2. The van der Waals surface area contributed by atoms with Crippen molar-refractivity contribution in [2.75, 3.05) is 6.54 Å². The molecular weight excluding hydrogens is 348 g/mol. The van der Waals surface area contributed by atoms with Gasteiger partial charge >= 0.3 is 0 Å². The minimum atomic E-state index is -0.0219. The molecule has 3 rings (SSSR count). The molecule has 2 aliphatic rings. The Bertz CT molecular complexity index is 548. The number of hydrogen-bond donors (Lipinski definition) is 0. The monoisotopic (exact) mass is 366 g/mol. The summed E-state index contributed by atoms with van der Waals surface area (Å²) in [5, 5.41) is 2.17. The Labute approximate surface area is 138 Å². The first-order valence-corrected chi connectivity index (χ1v) is 9.10. The Kier molecular flexibility index (Phi) is 4.60. The van der Waals surface area contributed by atoms with Gasteiger partial charge in [0.2, 0.25) is 5.91 Å². The van der Waals surface area contributed by atoms with Crippen molar-refractivity contribution in [1.29, 1.82) is 0 Å². The Hall–Kier alpha value is -0.940. The van der Waals surface area contributed by atoms with Crippen molar-refractivity contribution in [3.05, 3.63) is 47.0 Å². The molecule has 0 aromatic heterocycles. The highest BCUT2D eigenvalue weighted by atomic mass is 79.9. The first-order valence-electron chi connectivity index (χ1n) is 7.24. The molecule has 2 heterocycles. The summed E-state index contributed by atoms with van der Waals surface area (Å²) < 4.78 is 0. The zero-order chi connectivity index (χ0) is 14.8.